The third-order valence-electron chi connectivity index (χ3n) is 12.1. The highest BCUT2D eigenvalue weighted by atomic mass is 16.1. The summed E-state index contributed by atoms with van der Waals surface area (Å²) in [5.41, 5.74) is 10.9. The SMILES string of the molecule is CN1CCN2c3c(cccc31)[C@@H]1CN(CCCC(=O)c3ccc(N4CC[C@H]5[C@@H](C4)c4cccc6c4N5CCN6C)cc3)CC[C@@H]12. The minimum atomic E-state index is 0.279. The maximum Gasteiger partial charge on any atom is 0.162 e. The van der Waals surface area contributed by atoms with Crippen molar-refractivity contribution in [1.82, 2.24) is 4.90 Å². The van der Waals surface area contributed by atoms with E-state index in [1.165, 1.54) is 46.8 Å². The van der Waals surface area contributed by atoms with E-state index in [1.807, 2.05) is 0 Å². The standard InChI is InChI=1S/C38H46N6O/c1-39-20-22-43-32-15-18-41(24-30(32)28-6-3-8-34(39)37(28)43)17-5-10-36(45)26-11-13-27(14-12-26)42-19-16-33-31(25-42)29-7-4-9-35-38(29)44(33)23-21-40(35)2/h3-4,6-9,11-14,30-33H,5,10,15-25H2,1-2H3/t30-,31-,32-,33-/m0/s1. The summed E-state index contributed by atoms with van der Waals surface area (Å²) in [6.45, 7) is 9.85. The van der Waals surface area contributed by atoms with Crippen LogP contribution in [0.3, 0.4) is 0 Å². The average Bonchev–Trinajstić information content (AvgIpc) is 3.58. The van der Waals surface area contributed by atoms with Gasteiger partial charge in [-0.05, 0) is 73.3 Å². The first-order valence-corrected chi connectivity index (χ1v) is 17.4. The van der Waals surface area contributed by atoms with Gasteiger partial charge in [-0.2, -0.15) is 0 Å². The van der Waals surface area contributed by atoms with Gasteiger partial charge < -0.3 is 29.4 Å². The van der Waals surface area contributed by atoms with Gasteiger partial charge in [-0.3, -0.25) is 4.79 Å². The maximum absolute atomic E-state index is 13.2. The van der Waals surface area contributed by atoms with Crippen molar-refractivity contribution in [3.05, 3.63) is 77.4 Å². The van der Waals surface area contributed by atoms with E-state index < -0.39 is 0 Å². The van der Waals surface area contributed by atoms with Gasteiger partial charge in [-0.1, -0.05) is 24.3 Å². The minimum Gasteiger partial charge on any atom is -0.371 e. The van der Waals surface area contributed by atoms with Crippen molar-refractivity contribution in [2.75, 3.05) is 97.5 Å². The number of anilines is 5. The molecule has 6 heterocycles. The van der Waals surface area contributed by atoms with Gasteiger partial charge in [0.15, 0.2) is 5.78 Å². The Labute approximate surface area is 268 Å². The van der Waals surface area contributed by atoms with Crippen LogP contribution in [0.5, 0.6) is 0 Å². The maximum atomic E-state index is 13.2. The first kappa shape index (κ1) is 27.6. The molecule has 6 aliphatic heterocycles. The number of likely N-dealkylation sites (tertiary alicyclic amines) is 1. The molecule has 0 amide bonds. The number of para-hydroxylation sites is 2. The average molecular weight is 603 g/mol. The highest BCUT2D eigenvalue weighted by Gasteiger charge is 2.46. The Balaban J connectivity index is 0.809. The lowest BCUT2D eigenvalue weighted by atomic mass is 9.88. The molecule has 6 aliphatic rings. The molecular weight excluding hydrogens is 556 g/mol. The Hall–Kier alpha value is -3.71. The molecule has 7 heteroatoms. The second kappa shape index (κ2) is 10.7. The van der Waals surface area contributed by atoms with Gasteiger partial charge in [0.05, 0.1) is 22.7 Å². The Morgan fingerprint density at radius 3 is 1.93 bits per heavy atom. The highest BCUT2D eigenvalue weighted by Crippen LogP contribution is 2.52. The van der Waals surface area contributed by atoms with E-state index in [-0.39, 0.29) is 5.78 Å². The van der Waals surface area contributed by atoms with Crippen molar-refractivity contribution >= 4 is 34.2 Å². The summed E-state index contributed by atoms with van der Waals surface area (Å²) in [5, 5.41) is 0. The number of hydrogen-bond acceptors (Lipinski definition) is 7. The number of rotatable bonds is 6. The number of likely N-dealkylation sites (N-methyl/N-ethyl adjacent to an activating group) is 2. The summed E-state index contributed by atoms with van der Waals surface area (Å²) in [6.07, 6.45) is 3.96. The van der Waals surface area contributed by atoms with Crippen molar-refractivity contribution < 1.29 is 4.79 Å². The van der Waals surface area contributed by atoms with Crippen LogP contribution in [0.1, 0.15) is 59.0 Å². The zero-order chi connectivity index (χ0) is 30.2. The molecule has 45 heavy (non-hydrogen) atoms. The number of hydrogen-bond donors (Lipinski definition) is 0. The predicted molar refractivity (Wildman–Crippen MR) is 185 cm³/mol. The summed E-state index contributed by atoms with van der Waals surface area (Å²) in [7, 11) is 4.45. The summed E-state index contributed by atoms with van der Waals surface area (Å²) in [5.74, 6) is 1.41. The molecule has 9 rings (SSSR count). The topological polar surface area (TPSA) is 36.5 Å². The van der Waals surface area contributed by atoms with Crippen LogP contribution in [0.25, 0.3) is 0 Å². The van der Waals surface area contributed by atoms with E-state index in [1.54, 1.807) is 5.56 Å². The van der Waals surface area contributed by atoms with Gasteiger partial charge in [0, 0.05) is 108 Å². The van der Waals surface area contributed by atoms with Crippen molar-refractivity contribution in [2.45, 2.75) is 49.6 Å². The van der Waals surface area contributed by atoms with E-state index in [2.05, 4.69) is 104 Å². The van der Waals surface area contributed by atoms with E-state index in [0.717, 1.165) is 70.9 Å². The van der Waals surface area contributed by atoms with Crippen molar-refractivity contribution in [1.29, 1.82) is 0 Å². The Kier molecular flexibility index (Phi) is 6.55. The molecule has 0 unspecified atom stereocenters. The molecule has 0 aromatic heterocycles. The Morgan fingerprint density at radius 1 is 0.689 bits per heavy atom. The van der Waals surface area contributed by atoms with Gasteiger partial charge in [0.2, 0.25) is 0 Å². The van der Waals surface area contributed by atoms with Crippen LogP contribution in [-0.4, -0.2) is 95.8 Å². The zero-order valence-corrected chi connectivity index (χ0v) is 26.9. The van der Waals surface area contributed by atoms with E-state index in [0.29, 0.717) is 30.3 Å². The molecule has 2 fully saturated rings. The molecule has 0 N–H and O–H groups in total. The first-order valence-electron chi connectivity index (χ1n) is 17.4. The summed E-state index contributed by atoms with van der Waals surface area (Å²) < 4.78 is 0. The van der Waals surface area contributed by atoms with Crippen molar-refractivity contribution in [3.63, 3.8) is 0 Å². The number of Topliss-reactive ketones (excluding diaryl/α,β-unsaturated/α-hetero) is 1. The van der Waals surface area contributed by atoms with Gasteiger partial charge in [0.25, 0.3) is 0 Å². The first-order chi connectivity index (χ1) is 22.0. The van der Waals surface area contributed by atoms with Gasteiger partial charge in [-0.15, -0.1) is 0 Å². The zero-order valence-electron chi connectivity index (χ0n) is 26.9. The van der Waals surface area contributed by atoms with Crippen LogP contribution in [0.2, 0.25) is 0 Å². The smallest absolute Gasteiger partial charge is 0.162 e. The minimum absolute atomic E-state index is 0.279. The molecule has 7 nitrogen and oxygen atoms in total. The summed E-state index contributed by atoms with van der Waals surface area (Å²) in [4.78, 5) is 28.6. The fraction of sp³-hybridized carbons (Fsp3) is 0.500. The van der Waals surface area contributed by atoms with Gasteiger partial charge in [-0.25, -0.2) is 0 Å². The fourth-order valence-corrected chi connectivity index (χ4v) is 9.79. The van der Waals surface area contributed by atoms with Crippen LogP contribution in [0, 0.1) is 0 Å². The van der Waals surface area contributed by atoms with Gasteiger partial charge >= 0.3 is 0 Å². The number of piperidine rings is 2. The Morgan fingerprint density at radius 2 is 1.29 bits per heavy atom. The van der Waals surface area contributed by atoms with Crippen LogP contribution < -0.4 is 24.5 Å². The molecule has 0 spiro atoms. The third-order valence-corrected chi connectivity index (χ3v) is 12.1. The molecule has 3 aromatic rings. The van der Waals surface area contributed by atoms with E-state index >= 15 is 0 Å². The Bertz CT molecular complexity index is 1620. The van der Waals surface area contributed by atoms with Crippen LogP contribution in [-0.2, 0) is 0 Å². The number of carbonyl (C=O) groups excluding carboxylic acids is 1. The predicted octanol–water partition coefficient (Wildman–Crippen LogP) is 5.41. The lowest BCUT2D eigenvalue weighted by molar-refractivity contribution is 0.0971. The highest BCUT2D eigenvalue weighted by molar-refractivity contribution is 5.96. The molecule has 0 aliphatic carbocycles. The lowest BCUT2D eigenvalue weighted by Gasteiger charge is -2.42. The molecule has 3 aromatic carbocycles. The van der Waals surface area contributed by atoms with Crippen LogP contribution >= 0.6 is 0 Å². The molecule has 234 valence electrons. The number of nitrogens with zero attached hydrogens (tertiary/aromatic N) is 6. The van der Waals surface area contributed by atoms with Gasteiger partial charge in [0.1, 0.15) is 0 Å². The normalized spacial score (nSPS) is 26.5. The van der Waals surface area contributed by atoms with Crippen molar-refractivity contribution in [2.24, 2.45) is 0 Å². The second-order valence-electron chi connectivity index (χ2n) is 14.4. The largest absolute Gasteiger partial charge is 0.371 e. The third kappa shape index (κ3) is 4.37. The van der Waals surface area contributed by atoms with Crippen molar-refractivity contribution in [3.8, 4) is 0 Å². The van der Waals surface area contributed by atoms with Crippen LogP contribution in [0.15, 0.2) is 60.7 Å². The molecule has 4 atom stereocenters. The fourth-order valence-electron chi connectivity index (χ4n) is 9.79. The van der Waals surface area contributed by atoms with E-state index in [4.69, 9.17) is 0 Å². The number of benzene rings is 3. The quantitative estimate of drug-likeness (QED) is 0.350. The summed E-state index contributed by atoms with van der Waals surface area (Å²) >= 11 is 0. The molecule has 0 radical (unpaired) electrons. The van der Waals surface area contributed by atoms with Crippen LogP contribution in [0.4, 0.5) is 28.4 Å². The molecular formula is C38H46N6O. The van der Waals surface area contributed by atoms with E-state index in [9.17, 15) is 4.79 Å². The number of fused-ring (bicyclic) bond motifs is 6. The molecule has 2 saturated heterocycles. The monoisotopic (exact) mass is 602 g/mol. The second-order valence-corrected chi connectivity index (χ2v) is 14.4. The molecule has 0 saturated carbocycles. The summed E-state index contributed by atoms with van der Waals surface area (Å²) in [6, 6.07) is 23.6. The number of carbonyl (C=O) groups is 1. The lowest BCUT2D eigenvalue weighted by Crippen LogP contribution is -2.49. The number of ketones is 1. The molecule has 0 bridgehead atoms.